The van der Waals surface area contributed by atoms with Crippen molar-refractivity contribution in [3.05, 3.63) is 16.9 Å². The number of hydrogen-bond acceptors (Lipinski definition) is 3. The second kappa shape index (κ2) is 6.59. The molecule has 0 saturated heterocycles. The molecule has 1 heterocycles. The predicted molar refractivity (Wildman–Crippen MR) is 80.0 cm³/mol. The molecule has 0 bridgehead atoms. The van der Waals surface area contributed by atoms with Gasteiger partial charge in [0.25, 0.3) is 5.91 Å². The molecule has 5 nitrogen and oxygen atoms in total. The summed E-state index contributed by atoms with van der Waals surface area (Å²) >= 11 is 6.07. The van der Waals surface area contributed by atoms with Crippen LogP contribution in [0.5, 0.6) is 0 Å². The topological polar surface area (TPSA) is 50.2 Å². The van der Waals surface area contributed by atoms with Crippen LogP contribution in [-0.4, -0.2) is 47.3 Å². The van der Waals surface area contributed by atoms with Crippen LogP contribution in [0.1, 0.15) is 36.0 Å². The first-order valence-electron chi connectivity index (χ1n) is 7.12. The molecular weight excluding hydrogens is 276 g/mol. The van der Waals surface area contributed by atoms with Gasteiger partial charge >= 0.3 is 0 Å². The third-order valence-corrected chi connectivity index (χ3v) is 4.38. The van der Waals surface area contributed by atoms with Gasteiger partial charge in [0.15, 0.2) is 0 Å². The summed E-state index contributed by atoms with van der Waals surface area (Å²) < 4.78 is 1.51. The van der Waals surface area contributed by atoms with E-state index in [2.05, 4.69) is 29.4 Å². The largest absolute Gasteiger partial charge is 0.349 e. The smallest absolute Gasteiger partial charge is 0.256 e. The van der Waals surface area contributed by atoms with E-state index in [1.165, 1.54) is 30.1 Å². The van der Waals surface area contributed by atoms with Gasteiger partial charge in [-0.2, -0.15) is 5.10 Å². The fourth-order valence-corrected chi connectivity index (χ4v) is 3.08. The Bertz CT molecular complexity index is 472. The Hall–Kier alpha value is -1.07. The number of nitrogens with zero attached hydrogens (tertiary/aromatic N) is 3. The standard InChI is InChI=1S/C14H23ClN4O/c1-18(2)9-10-6-4-5-7-12(10)17-14(20)11-8-16-19(3)13(11)15/h8,10,12H,4-7,9H2,1-3H3,(H,17,20). The third-order valence-electron chi connectivity index (χ3n) is 3.94. The number of carbonyl (C=O) groups is 1. The summed E-state index contributed by atoms with van der Waals surface area (Å²) in [6.07, 6.45) is 6.17. The number of hydrogen-bond donors (Lipinski definition) is 1. The predicted octanol–water partition coefficient (Wildman–Crippen LogP) is 1.92. The minimum atomic E-state index is -0.112. The Morgan fingerprint density at radius 2 is 2.20 bits per heavy atom. The van der Waals surface area contributed by atoms with E-state index in [1.54, 1.807) is 7.05 Å². The minimum absolute atomic E-state index is 0.112. The van der Waals surface area contributed by atoms with E-state index >= 15 is 0 Å². The van der Waals surface area contributed by atoms with E-state index in [4.69, 9.17) is 11.6 Å². The second-order valence-corrected chi connectivity index (χ2v) is 6.22. The molecule has 0 radical (unpaired) electrons. The van der Waals surface area contributed by atoms with Gasteiger partial charge in [-0.15, -0.1) is 0 Å². The zero-order valence-corrected chi connectivity index (χ0v) is 13.2. The highest BCUT2D eigenvalue weighted by atomic mass is 35.5. The molecule has 2 atom stereocenters. The minimum Gasteiger partial charge on any atom is -0.349 e. The Morgan fingerprint density at radius 1 is 1.50 bits per heavy atom. The molecule has 0 aliphatic heterocycles. The van der Waals surface area contributed by atoms with Crippen LogP contribution in [0, 0.1) is 5.92 Å². The molecule has 2 unspecified atom stereocenters. The molecule has 1 fully saturated rings. The highest BCUT2D eigenvalue weighted by Crippen LogP contribution is 2.25. The summed E-state index contributed by atoms with van der Waals surface area (Å²) in [6, 6.07) is 0.231. The van der Waals surface area contributed by atoms with Gasteiger partial charge in [0, 0.05) is 19.6 Å². The molecule has 1 aliphatic rings. The fraction of sp³-hybridized carbons (Fsp3) is 0.714. The average molecular weight is 299 g/mol. The van der Waals surface area contributed by atoms with Crippen molar-refractivity contribution in [3.63, 3.8) is 0 Å². The molecule has 20 heavy (non-hydrogen) atoms. The lowest BCUT2D eigenvalue weighted by Gasteiger charge is -2.33. The summed E-state index contributed by atoms with van der Waals surface area (Å²) in [7, 11) is 5.88. The molecule has 1 saturated carbocycles. The number of rotatable bonds is 4. The lowest BCUT2D eigenvalue weighted by molar-refractivity contribution is 0.0895. The van der Waals surface area contributed by atoms with E-state index < -0.39 is 0 Å². The third kappa shape index (κ3) is 3.52. The fourth-order valence-electron chi connectivity index (χ4n) is 2.91. The van der Waals surface area contributed by atoms with E-state index in [1.807, 2.05) is 0 Å². The first-order valence-corrected chi connectivity index (χ1v) is 7.50. The van der Waals surface area contributed by atoms with Gasteiger partial charge < -0.3 is 10.2 Å². The summed E-state index contributed by atoms with van der Waals surface area (Å²) in [5, 5.41) is 7.55. The maximum atomic E-state index is 12.3. The zero-order valence-electron chi connectivity index (χ0n) is 12.4. The Labute approximate surface area is 125 Å². The van der Waals surface area contributed by atoms with Crippen LogP contribution in [0.25, 0.3) is 0 Å². The van der Waals surface area contributed by atoms with Crippen LogP contribution >= 0.6 is 11.6 Å². The number of carbonyl (C=O) groups excluding carboxylic acids is 1. The van der Waals surface area contributed by atoms with Crippen LogP contribution in [0.15, 0.2) is 6.20 Å². The van der Waals surface area contributed by atoms with Crippen molar-refractivity contribution in [2.24, 2.45) is 13.0 Å². The Morgan fingerprint density at radius 3 is 2.80 bits per heavy atom. The number of nitrogens with one attached hydrogen (secondary N) is 1. The highest BCUT2D eigenvalue weighted by molar-refractivity contribution is 6.32. The molecule has 1 aliphatic carbocycles. The quantitative estimate of drug-likeness (QED) is 0.924. The number of amides is 1. The summed E-state index contributed by atoms with van der Waals surface area (Å²) in [6.45, 7) is 1.01. The summed E-state index contributed by atoms with van der Waals surface area (Å²) in [4.78, 5) is 14.5. The van der Waals surface area contributed by atoms with Crippen molar-refractivity contribution in [1.82, 2.24) is 20.0 Å². The lowest BCUT2D eigenvalue weighted by atomic mass is 9.84. The Balaban J connectivity index is 2.03. The number of halogens is 1. The van der Waals surface area contributed by atoms with Crippen molar-refractivity contribution in [3.8, 4) is 0 Å². The van der Waals surface area contributed by atoms with E-state index in [0.717, 1.165) is 13.0 Å². The molecule has 2 rings (SSSR count). The average Bonchev–Trinajstić information content (AvgIpc) is 2.72. The van der Waals surface area contributed by atoms with Crippen LogP contribution in [0.2, 0.25) is 5.15 Å². The normalized spacial score (nSPS) is 23.1. The molecule has 1 amide bonds. The SMILES string of the molecule is CN(C)CC1CCCCC1NC(=O)c1cnn(C)c1Cl. The van der Waals surface area contributed by atoms with Crippen molar-refractivity contribution >= 4 is 17.5 Å². The molecule has 0 spiro atoms. The lowest BCUT2D eigenvalue weighted by Crippen LogP contribution is -2.45. The molecule has 0 aromatic carbocycles. The summed E-state index contributed by atoms with van der Waals surface area (Å²) in [5.74, 6) is 0.400. The van der Waals surface area contributed by atoms with Crippen molar-refractivity contribution < 1.29 is 4.79 Å². The maximum absolute atomic E-state index is 12.3. The van der Waals surface area contributed by atoms with Gasteiger partial charge in [-0.25, -0.2) is 0 Å². The first-order chi connectivity index (χ1) is 9.49. The number of aromatic nitrogens is 2. The molecule has 1 aromatic heterocycles. The number of aryl methyl sites for hydroxylation is 1. The first kappa shape index (κ1) is 15.3. The second-order valence-electron chi connectivity index (χ2n) is 5.86. The Kier molecular flexibility index (Phi) is 5.05. The molecule has 6 heteroatoms. The van der Waals surface area contributed by atoms with Gasteiger partial charge in [-0.3, -0.25) is 9.48 Å². The molecule has 1 N–H and O–H groups in total. The molecule has 1 aromatic rings. The van der Waals surface area contributed by atoms with E-state index in [9.17, 15) is 4.79 Å². The zero-order chi connectivity index (χ0) is 14.7. The summed E-state index contributed by atoms with van der Waals surface area (Å²) in [5.41, 5.74) is 0.461. The maximum Gasteiger partial charge on any atom is 0.256 e. The van der Waals surface area contributed by atoms with Crippen LogP contribution in [0.4, 0.5) is 0 Å². The van der Waals surface area contributed by atoms with Gasteiger partial charge in [-0.1, -0.05) is 24.4 Å². The van der Waals surface area contributed by atoms with Gasteiger partial charge in [0.2, 0.25) is 0 Å². The van der Waals surface area contributed by atoms with E-state index in [-0.39, 0.29) is 11.9 Å². The van der Waals surface area contributed by atoms with Gasteiger partial charge in [0.1, 0.15) is 5.15 Å². The van der Waals surface area contributed by atoms with Crippen LogP contribution < -0.4 is 5.32 Å². The highest BCUT2D eigenvalue weighted by Gasteiger charge is 2.28. The van der Waals surface area contributed by atoms with Crippen LogP contribution in [-0.2, 0) is 7.05 Å². The van der Waals surface area contributed by atoms with E-state index in [0.29, 0.717) is 16.6 Å². The molecular formula is C14H23ClN4O. The van der Waals surface area contributed by atoms with Gasteiger partial charge in [-0.05, 0) is 32.9 Å². The van der Waals surface area contributed by atoms with Gasteiger partial charge in [0.05, 0.1) is 11.8 Å². The monoisotopic (exact) mass is 298 g/mol. The van der Waals surface area contributed by atoms with Crippen molar-refractivity contribution in [2.75, 3.05) is 20.6 Å². The molecule has 112 valence electrons. The van der Waals surface area contributed by atoms with Crippen molar-refractivity contribution in [2.45, 2.75) is 31.7 Å². The van der Waals surface area contributed by atoms with Crippen molar-refractivity contribution in [1.29, 1.82) is 0 Å². The van der Waals surface area contributed by atoms with Crippen LogP contribution in [0.3, 0.4) is 0 Å².